The maximum absolute atomic E-state index is 12.1. The van der Waals surface area contributed by atoms with Crippen LogP contribution in [-0.2, 0) is 16.1 Å². The van der Waals surface area contributed by atoms with Crippen molar-refractivity contribution in [2.24, 2.45) is 0 Å². The lowest BCUT2D eigenvalue weighted by atomic mass is 10.1. The summed E-state index contributed by atoms with van der Waals surface area (Å²) in [5, 5.41) is 8.70. The van der Waals surface area contributed by atoms with Crippen LogP contribution in [0.4, 0.5) is 0 Å². The number of hydrogen-bond acceptors (Lipinski definition) is 5. The van der Waals surface area contributed by atoms with Gasteiger partial charge < -0.3 is 14.7 Å². The van der Waals surface area contributed by atoms with Crippen LogP contribution < -0.4 is 5.69 Å². The predicted octanol–water partition coefficient (Wildman–Crippen LogP) is -0.757. The average molecular weight is 281 g/mol. The Bertz CT molecular complexity index is 494. The molecule has 0 aromatic carbocycles. The molecule has 1 aliphatic heterocycles. The SMILES string of the molecule is O=C(Cn1cccnc1=O)N1CCC(OCCO)CC1. The van der Waals surface area contributed by atoms with E-state index in [0.717, 1.165) is 12.8 Å². The molecule has 20 heavy (non-hydrogen) atoms. The summed E-state index contributed by atoms with van der Waals surface area (Å²) >= 11 is 0. The number of aromatic nitrogens is 2. The van der Waals surface area contributed by atoms with E-state index < -0.39 is 5.69 Å². The molecule has 1 aromatic rings. The molecular weight excluding hydrogens is 262 g/mol. The van der Waals surface area contributed by atoms with E-state index in [9.17, 15) is 9.59 Å². The minimum absolute atomic E-state index is 0.0169. The number of likely N-dealkylation sites (tertiary alicyclic amines) is 1. The van der Waals surface area contributed by atoms with Crippen LogP contribution in [-0.4, -0.2) is 57.9 Å². The quantitative estimate of drug-likeness (QED) is 0.767. The summed E-state index contributed by atoms with van der Waals surface area (Å²) in [6.07, 6.45) is 4.59. The van der Waals surface area contributed by atoms with E-state index in [1.165, 1.54) is 10.8 Å². The van der Waals surface area contributed by atoms with Gasteiger partial charge >= 0.3 is 5.69 Å². The highest BCUT2D eigenvalue weighted by Gasteiger charge is 2.23. The number of ether oxygens (including phenoxy) is 1. The van der Waals surface area contributed by atoms with Crippen LogP contribution in [0.15, 0.2) is 23.3 Å². The highest BCUT2D eigenvalue weighted by atomic mass is 16.5. The van der Waals surface area contributed by atoms with Crippen LogP contribution in [0.2, 0.25) is 0 Å². The fourth-order valence-electron chi connectivity index (χ4n) is 2.24. The first-order chi connectivity index (χ1) is 9.70. The number of hydrogen-bond donors (Lipinski definition) is 1. The molecule has 1 aromatic heterocycles. The molecule has 7 heteroatoms. The molecule has 0 atom stereocenters. The number of piperidine rings is 1. The molecule has 0 unspecified atom stereocenters. The van der Waals surface area contributed by atoms with E-state index in [2.05, 4.69) is 4.98 Å². The lowest BCUT2D eigenvalue weighted by Gasteiger charge is -2.32. The minimum atomic E-state index is -0.415. The van der Waals surface area contributed by atoms with E-state index in [4.69, 9.17) is 9.84 Å². The Morgan fingerprint density at radius 1 is 1.45 bits per heavy atom. The van der Waals surface area contributed by atoms with E-state index in [0.29, 0.717) is 19.7 Å². The second-order valence-electron chi connectivity index (χ2n) is 4.70. The van der Waals surface area contributed by atoms with Gasteiger partial charge in [-0.1, -0.05) is 0 Å². The molecule has 1 fully saturated rings. The molecule has 2 heterocycles. The zero-order valence-corrected chi connectivity index (χ0v) is 11.3. The van der Waals surface area contributed by atoms with E-state index >= 15 is 0 Å². The van der Waals surface area contributed by atoms with Crippen molar-refractivity contribution in [3.05, 3.63) is 28.9 Å². The van der Waals surface area contributed by atoms with Crippen molar-refractivity contribution >= 4 is 5.91 Å². The highest BCUT2D eigenvalue weighted by molar-refractivity contribution is 5.76. The van der Waals surface area contributed by atoms with Gasteiger partial charge in [0.05, 0.1) is 19.3 Å². The minimum Gasteiger partial charge on any atom is -0.394 e. The molecule has 0 bridgehead atoms. The third-order valence-corrected chi connectivity index (χ3v) is 3.33. The van der Waals surface area contributed by atoms with Gasteiger partial charge in [-0.2, -0.15) is 0 Å². The average Bonchev–Trinajstić information content (AvgIpc) is 2.48. The van der Waals surface area contributed by atoms with Crippen LogP contribution in [0.5, 0.6) is 0 Å². The van der Waals surface area contributed by atoms with Crippen LogP contribution in [0.25, 0.3) is 0 Å². The Kier molecular flexibility index (Phi) is 5.25. The summed E-state index contributed by atoms with van der Waals surface area (Å²) in [7, 11) is 0. The molecule has 110 valence electrons. The first-order valence-electron chi connectivity index (χ1n) is 6.72. The predicted molar refractivity (Wildman–Crippen MR) is 71.1 cm³/mol. The first kappa shape index (κ1) is 14.7. The molecule has 1 amide bonds. The fourth-order valence-corrected chi connectivity index (χ4v) is 2.24. The Labute approximate surface area is 116 Å². The normalized spacial score (nSPS) is 16.4. The fraction of sp³-hybridized carbons (Fsp3) is 0.615. The summed E-state index contributed by atoms with van der Waals surface area (Å²) in [5.41, 5.74) is -0.415. The third kappa shape index (κ3) is 3.88. The van der Waals surface area contributed by atoms with Gasteiger partial charge in [-0.3, -0.25) is 9.36 Å². The van der Waals surface area contributed by atoms with E-state index in [1.807, 2.05) is 0 Å². The number of amides is 1. The van der Waals surface area contributed by atoms with Crippen molar-refractivity contribution in [3.63, 3.8) is 0 Å². The molecule has 1 N–H and O–H groups in total. The third-order valence-electron chi connectivity index (χ3n) is 3.33. The van der Waals surface area contributed by atoms with Crippen LogP contribution in [0.1, 0.15) is 12.8 Å². The van der Waals surface area contributed by atoms with Crippen molar-refractivity contribution in [3.8, 4) is 0 Å². The van der Waals surface area contributed by atoms with Gasteiger partial charge in [-0.25, -0.2) is 9.78 Å². The number of carbonyl (C=O) groups is 1. The number of aliphatic hydroxyl groups excluding tert-OH is 1. The maximum Gasteiger partial charge on any atom is 0.347 e. The molecule has 0 aliphatic carbocycles. The second kappa shape index (κ2) is 7.16. The van der Waals surface area contributed by atoms with Crippen molar-refractivity contribution in [2.45, 2.75) is 25.5 Å². The molecule has 7 nitrogen and oxygen atoms in total. The number of aliphatic hydroxyl groups is 1. The van der Waals surface area contributed by atoms with Crippen LogP contribution in [0.3, 0.4) is 0 Å². The van der Waals surface area contributed by atoms with E-state index in [-0.39, 0.29) is 25.2 Å². The van der Waals surface area contributed by atoms with Crippen molar-refractivity contribution in [1.82, 2.24) is 14.5 Å². The zero-order chi connectivity index (χ0) is 14.4. The molecule has 2 rings (SSSR count). The summed E-state index contributed by atoms with van der Waals surface area (Å²) in [6.45, 7) is 1.61. The Morgan fingerprint density at radius 3 is 2.85 bits per heavy atom. The summed E-state index contributed by atoms with van der Waals surface area (Å²) < 4.78 is 6.75. The molecular formula is C13H19N3O4. The monoisotopic (exact) mass is 281 g/mol. The zero-order valence-electron chi connectivity index (χ0n) is 11.3. The van der Waals surface area contributed by atoms with Gasteiger partial charge in [-0.15, -0.1) is 0 Å². The van der Waals surface area contributed by atoms with Gasteiger partial charge in [0.15, 0.2) is 0 Å². The molecule has 0 saturated carbocycles. The topological polar surface area (TPSA) is 84.7 Å². The first-order valence-corrected chi connectivity index (χ1v) is 6.72. The van der Waals surface area contributed by atoms with Crippen molar-refractivity contribution < 1.29 is 14.6 Å². The molecule has 0 radical (unpaired) electrons. The van der Waals surface area contributed by atoms with Gasteiger partial charge in [-0.05, 0) is 18.9 Å². The maximum atomic E-state index is 12.1. The van der Waals surface area contributed by atoms with Crippen molar-refractivity contribution in [2.75, 3.05) is 26.3 Å². The smallest absolute Gasteiger partial charge is 0.347 e. The van der Waals surface area contributed by atoms with Gasteiger partial charge in [0.2, 0.25) is 5.91 Å². The molecule has 1 saturated heterocycles. The van der Waals surface area contributed by atoms with Gasteiger partial charge in [0.1, 0.15) is 6.54 Å². The van der Waals surface area contributed by atoms with E-state index in [1.54, 1.807) is 17.2 Å². The van der Waals surface area contributed by atoms with Gasteiger partial charge in [0.25, 0.3) is 0 Å². The highest BCUT2D eigenvalue weighted by Crippen LogP contribution is 2.13. The molecule has 0 spiro atoms. The largest absolute Gasteiger partial charge is 0.394 e. The number of carbonyl (C=O) groups excluding carboxylic acids is 1. The lowest BCUT2D eigenvalue weighted by molar-refractivity contribution is -0.134. The standard InChI is InChI=1S/C13H19N3O4/c17-8-9-20-11-2-6-15(7-3-11)12(18)10-16-5-1-4-14-13(16)19/h1,4-5,11,17H,2-3,6-10H2. The molecule has 1 aliphatic rings. The lowest BCUT2D eigenvalue weighted by Crippen LogP contribution is -2.43. The summed E-state index contributed by atoms with van der Waals surface area (Å²) in [6, 6.07) is 1.63. The van der Waals surface area contributed by atoms with Crippen LogP contribution >= 0.6 is 0 Å². The van der Waals surface area contributed by atoms with Crippen molar-refractivity contribution in [1.29, 1.82) is 0 Å². The Hall–Kier alpha value is -1.73. The summed E-state index contributed by atoms with van der Waals surface area (Å²) in [4.78, 5) is 28.9. The number of nitrogens with zero attached hydrogens (tertiary/aromatic N) is 3. The number of rotatable bonds is 5. The second-order valence-corrected chi connectivity index (χ2v) is 4.70. The van der Waals surface area contributed by atoms with Crippen LogP contribution in [0, 0.1) is 0 Å². The van der Waals surface area contributed by atoms with Gasteiger partial charge in [0, 0.05) is 25.5 Å². The summed E-state index contributed by atoms with van der Waals surface area (Å²) in [5.74, 6) is -0.0827. The Balaban J connectivity index is 1.83. The Morgan fingerprint density at radius 2 is 2.20 bits per heavy atom.